The third kappa shape index (κ3) is 3.79. The average molecular weight is 287 g/mol. The summed E-state index contributed by atoms with van der Waals surface area (Å²) in [6, 6.07) is 11.1. The van der Waals surface area contributed by atoms with Gasteiger partial charge in [-0.25, -0.2) is 9.37 Å². The van der Waals surface area contributed by atoms with Crippen molar-refractivity contribution in [3.63, 3.8) is 0 Å². The van der Waals surface area contributed by atoms with Gasteiger partial charge in [-0.15, -0.1) is 0 Å². The second-order valence-corrected chi connectivity index (χ2v) is 5.22. The van der Waals surface area contributed by atoms with Gasteiger partial charge >= 0.3 is 0 Å². The quantitative estimate of drug-likeness (QED) is 0.874. The molecule has 2 aromatic rings. The first-order valence-corrected chi connectivity index (χ1v) is 7.32. The summed E-state index contributed by atoms with van der Waals surface area (Å²) in [5.74, 6) is 0.575. The largest absolute Gasteiger partial charge is 0.324 e. The first-order chi connectivity index (χ1) is 10.1. The summed E-state index contributed by atoms with van der Waals surface area (Å²) in [6.07, 6.45) is 1.75. The Kier molecular flexibility index (Phi) is 5.28. The predicted molar refractivity (Wildman–Crippen MR) is 85.3 cm³/mol. The lowest BCUT2D eigenvalue weighted by molar-refractivity contribution is 0.587. The Balaban J connectivity index is 2.36. The molecule has 0 aliphatic heterocycles. The molecule has 0 radical (unpaired) electrons. The molecule has 1 aromatic heterocycles. The fourth-order valence-electron chi connectivity index (χ4n) is 2.23. The number of hydrogen-bond donors (Lipinski definition) is 1. The van der Waals surface area contributed by atoms with E-state index in [4.69, 9.17) is 0 Å². The van der Waals surface area contributed by atoms with Crippen LogP contribution < -0.4 is 10.2 Å². The molecule has 0 atom stereocenters. The van der Waals surface area contributed by atoms with E-state index in [2.05, 4.69) is 24.1 Å². The van der Waals surface area contributed by atoms with E-state index in [0.29, 0.717) is 24.8 Å². The summed E-state index contributed by atoms with van der Waals surface area (Å²) in [5.41, 5.74) is 1.63. The number of anilines is 2. The molecule has 0 spiro atoms. The number of hydrogen-bond acceptors (Lipinski definition) is 3. The van der Waals surface area contributed by atoms with Crippen LogP contribution in [0.2, 0.25) is 0 Å². The van der Waals surface area contributed by atoms with Gasteiger partial charge in [-0.3, -0.25) is 0 Å². The lowest BCUT2D eigenvalue weighted by Crippen LogP contribution is -2.25. The van der Waals surface area contributed by atoms with Crippen molar-refractivity contribution in [2.45, 2.75) is 33.4 Å². The second kappa shape index (κ2) is 7.18. The molecule has 0 aliphatic rings. The van der Waals surface area contributed by atoms with Crippen molar-refractivity contribution in [1.82, 2.24) is 10.3 Å². The van der Waals surface area contributed by atoms with Gasteiger partial charge in [0, 0.05) is 30.9 Å². The van der Waals surface area contributed by atoms with Crippen molar-refractivity contribution < 1.29 is 4.39 Å². The zero-order chi connectivity index (χ0) is 15.2. The van der Waals surface area contributed by atoms with Gasteiger partial charge in [0.1, 0.15) is 11.6 Å². The topological polar surface area (TPSA) is 28.2 Å². The predicted octanol–water partition coefficient (Wildman–Crippen LogP) is 3.88. The molecule has 0 saturated heterocycles. The Hall–Kier alpha value is -1.94. The summed E-state index contributed by atoms with van der Waals surface area (Å²) < 4.78 is 14.1. The monoisotopic (exact) mass is 287 g/mol. The Bertz CT molecular complexity index is 584. The van der Waals surface area contributed by atoms with E-state index in [1.54, 1.807) is 18.3 Å². The highest BCUT2D eigenvalue weighted by Gasteiger charge is 2.16. The van der Waals surface area contributed by atoms with Crippen molar-refractivity contribution in [2.75, 3.05) is 11.4 Å². The standard InChI is InChI=1S/C17H22FN3/c1-4-21(16-10-6-5-9-15(16)18)17-14(8-7-11-19-17)12-20-13(2)3/h5-11,13,20H,4,12H2,1-3H3. The van der Waals surface area contributed by atoms with Crippen molar-refractivity contribution >= 4 is 11.5 Å². The maximum Gasteiger partial charge on any atom is 0.146 e. The van der Waals surface area contributed by atoms with Crippen LogP contribution in [0.4, 0.5) is 15.9 Å². The van der Waals surface area contributed by atoms with Gasteiger partial charge in [0.05, 0.1) is 5.69 Å². The van der Waals surface area contributed by atoms with Crippen LogP contribution in [0.1, 0.15) is 26.3 Å². The first-order valence-electron chi connectivity index (χ1n) is 7.32. The minimum absolute atomic E-state index is 0.229. The number of aromatic nitrogens is 1. The summed E-state index contributed by atoms with van der Waals surface area (Å²) in [6.45, 7) is 7.58. The van der Waals surface area contributed by atoms with Crippen LogP contribution in [0, 0.1) is 5.82 Å². The molecule has 112 valence electrons. The van der Waals surface area contributed by atoms with Gasteiger partial charge in [-0.05, 0) is 25.1 Å². The number of rotatable bonds is 6. The molecular weight excluding hydrogens is 265 g/mol. The van der Waals surface area contributed by atoms with Crippen LogP contribution in [0.25, 0.3) is 0 Å². The molecule has 0 aliphatic carbocycles. The molecule has 0 fully saturated rings. The van der Waals surface area contributed by atoms with Gasteiger partial charge in [0.25, 0.3) is 0 Å². The molecule has 1 N–H and O–H groups in total. The minimum atomic E-state index is -0.229. The van der Waals surface area contributed by atoms with E-state index in [1.165, 1.54) is 6.07 Å². The van der Waals surface area contributed by atoms with Crippen molar-refractivity contribution in [2.24, 2.45) is 0 Å². The summed E-state index contributed by atoms with van der Waals surface area (Å²) in [4.78, 5) is 6.37. The van der Waals surface area contributed by atoms with Crippen LogP contribution in [0.5, 0.6) is 0 Å². The first kappa shape index (κ1) is 15.4. The zero-order valence-electron chi connectivity index (χ0n) is 12.8. The Morgan fingerprint density at radius 1 is 1.19 bits per heavy atom. The van der Waals surface area contributed by atoms with Crippen molar-refractivity contribution in [3.8, 4) is 0 Å². The van der Waals surface area contributed by atoms with Gasteiger partial charge in [-0.1, -0.05) is 32.0 Å². The Morgan fingerprint density at radius 2 is 1.95 bits per heavy atom. The number of halogens is 1. The van der Waals surface area contributed by atoms with Crippen molar-refractivity contribution in [3.05, 3.63) is 54.0 Å². The third-order valence-corrected chi connectivity index (χ3v) is 3.28. The van der Waals surface area contributed by atoms with E-state index in [9.17, 15) is 4.39 Å². The highest BCUT2D eigenvalue weighted by atomic mass is 19.1. The maximum absolute atomic E-state index is 14.1. The molecule has 0 bridgehead atoms. The SMILES string of the molecule is CCN(c1ccccc1F)c1ncccc1CNC(C)C. The molecular formula is C17H22FN3. The van der Waals surface area contributed by atoms with Gasteiger partial charge in [0.2, 0.25) is 0 Å². The highest BCUT2D eigenvalue weighted by molar-refractivity contribution is 5.63. The van der Waals surface area contributed by atoms with E-state index in [-0.39, 0.29) is 5.82 Å². The fourth-order valence-corrected chi connectivity index (χ4v) is 2.23. The van der Waals surface area contributed by atoms with Gasteiger partial charge < -0.3 is 10.2 Å². The summed E-state index contributed by atoms with van der Waals surface area (Å²) in [7, 11) is 0. The maximum atomic E-state index is 14.1. The number of benzene rings is 1. The van der Waals surface area contributed by atoms with Crippen molar-refractivity contribution in [1.29, 1.82) is 0 Å². The van der Waals surface area contributed by atoms with Gasteiger partial charge in [-0.2, -0.15) is 0 Å². The third-order valence-electron chi connectivity index (χ3n) is 3.28. The normalized spacial score (nSPS) is 10.9. The second-order valence-electron chi connectivity index (χ2n) is 5.22. The molecule has 0 unspecified atom stereocenters. The summed E-state index contributed by atoms with van der Waals surface area (Å²) >= 11 is 0. The fraction of sp³-hybridized carbons (Fsp3) is 0.353. The average Bonchev–Trinajstić information content (AvgIpc) is 2.49. The molecule has 4 heteroatoms. The summed E-state index contributed by atoms with van der Waals surface area (Å²) in [5, 5.41) is 3.39. The molecule has 3 nitrogen and oxygen atoms in total. The number of pyridine rings is 1. The number of nitrogens with zero attached hydrogens (tertiary/aromatic N) is 2. The highest BCUT2D eigenvalue weighted by Crippen LogP contribution is 2.28. The van der Waals surface area contributed by atoms with E-state index >= 15 is 0 Å². The Morgan fingerprint density at radius 3 is 2.62 bits per heavy atom. The number of nitrogens with one attached hydrogen (secondary N) is 1. The van der Waals surface area contributed by atoms with Crippen LogP contribution in [-0.4, -0.2) is 17.6 Å². The zero-order valence-corrected chi connectivity index (χ0v) is 12.8. The van der Waals surface area contributed by atoms with Crippen LogP contribution in [-0.2, 0) is 6.54 Å². The lowest BCUT2D eigenvalue weighted by atomic mass is 10.2. The van der Waals surface area contributed by atoms with Crippen LogP contribution in [0.3, 0.4) is 0 Å². The minimum Gasteiger partial charge on any atom is -0.324 e. The molecule has 1 heterocycles. The Labute approximate surface area is 125 Å². The molecule has 0 saturated carbocycles. The van der Waals surface area contributed by atoms with E-state index in [1.807, 2.05) is 30.0 Å². The van der Waals surface area contributed by atoms with E-state index in [0.717, 1.165) is 11.4 Å². The van der Waals surface area contributed by atoms with E-state index < -0.39 is 0 Å². The van der Waals surface area contributed by atoms with Gasteiger partial charge in [0.15, 0.2) is 0 Å². The lowest BCUT2D eigenvalue weighted by Gasteiger charge is -2.25. The molecule has 0 amide bonds. The van der Waals surface area contributed by atoms with Crippen LogP contribution in [0.15, 0.2) is 42.6 Å². The molecule has 2 rings (SSSR count). The number of para-hydroxylation sites is 1. The smallest absolute Gasteiger partial charge is 0.146 e. The van der Waals surface area contributed by atoms with Crippen LogP contribution >= 0.6 is 0 Å². The molecule has 21 heavy (non-hydrogen) atoms. The molecule has 1 aromatic carbocycles.